The van der Waals surface area contributed by atoms with Gasteiger partial charge in [0.2, 0.25) is 0 Å². The van der Waals surface area contributed by atoms with Crippen molar-refractivity contribution in [2.45, 2.75) is 51.1 Å². The van der Waals surface area contributed by atoms with Gasteiger partial charge in [-0.05, 0) is 19.3 Å². The second-order valence-corrected chi connectivity index (χ2v) is 3.67. The predicted molar refractivity (Wildman–Crippen MR) is 51.8 cm³/mol. The average molecular weight is 204 g/mol. The molecule has 0 radical (unpaired) electrons. The van der Waals surface area contributed by atoms with Crippen LogP contribution in [0, 0.1) is 0 Å². The number of unbranched alkanes of at least 4 members (excludes halogenated alkanes) is 1. The van der Waals surface area contributed by atoms with Crippen molar-refractivity contribution < 1.29 is 19.7 Å². The van der Waals surface area contributed by atoms with E-state index in [1.54, 1.807) is 0 Å². The first-order chi connectivity index (χ1) is 6.77. The van der Waals surface area contributed by atoms with Crippen molar-refractivity contribution in [2.75, 3.05) is 13.2 Å². The summed E-state index contributed by atoms with van der Waals surface area (Å²) >= 11 is 0. The summed E-state index contributed by atoms with van der Waals surface area (Å²) in [6.07, 6.45) is 2.29. The molecule has 1 aliphatic heterocycles. The van der Waals surface area contributed by atoms with Gasteiger partial charge in [-0.25, -0.2) is 0 Å². The Hall–Kier alpha value is -0.160. The number of aliphatic hydroxyl groups excluding tert-OH is 2. The molecule has 1 fully saturated rings. The minimum Gasteiger partial charge on any atom is -0.394 e. The van der Waals surface area contributed by atoms with E-state index in [1.165, 1.54) is 0 Å². The van der Waals surface area contributed by atoms with Gasteiger partial charge in [-0.15, -0.1) is 0 Å². The zero-order valence-electron chi connectivity index (χ0n) is 8.69. The Bertz CT molecular complexity index is 149. The van der Waals surface area contributed by atoms with Gasteiger partial charge in [0.15, 0.2) is 6.29 Å². The van der Waals surface area contributed by atoms with Crippen molar-refractivity contribution in [3.63, 3.8) is 0 Å². The third-order valence-electron chi connectivity index (χ3n) is 2.46. The quantitative estimate of drug-likeness (QED) is 0.646. The summed E-state index contributed by atoms with van der Waals surface area (Å²) in [7, 11) is 0. The second-order valence-electron chi connectivity index (χ2n) is 3.67. The van der Waals surface area contributed by atoms with Crippen LogP contribution in [0.3, 0.4) is 0 Å². The Morgan fingerprint density at radius 2 is 2.21 bits per heavy atom. The van der Waals surface area contributed by atoms with Gasteiger partial charge in [0.1, 0.15) is 6.10 Å². The smallest absolute Gasteiger partial charge is 0.181 e. The lowest BCUT2D eigenvalue weighted by molar-refractivity contribution is -0.234. The number of ether oxygens (including phenoxy) is 2. The topological polar surface area (TPSA) is 58.9 Å². The van der Waals surface area contributed by atoms with Crippen LogP contribution in [0.1, 0.15) is 32.6 Å². The number of hydrogen-bond donors (Lipinski definition) is 2. The van der Waals surface area contributed by atoms with Gasteiger partial charge >= 0.3 is 0 Å². The molecule has 0 aliphatic carbocycles. The van der Waals surface area contributed by atoms with Crippen LogP contribution in [-0.2, 0) is 9.47 Å². The van der Waals surface area contributed by atoms with E-state index in [4.69, 9.17) is 14.6 Å². The Balaban J connectivity index is 2.20. The molecule has 14 heavy (non-hydrogen) atoms. The molecular formula is C10H20O4. The molecule has 0 aromatic rings. The Morgan fingerprint density at radius 3 is 2.79 bits per heavy atom. The van der Waals surface area contributed by atoms with Gasteiger partial charge in [-0.1, -0.05) is 13.3 Å². The molecule has 1 aliphatic rings. The lowest BCUT2D eigenvalue weighted by atomic mass is 10.1. The van der Waals surface area contributed by atoms with Gasteiger partial charge in [0.05, 0.1) is 12.7 Å². The van der Waals surface area contributed by atoms with Gasteiger partial charge < -0.3 is 19.7 Å². The fourth-order valence-corrected chi connectivity index (χ4v) is 1.52. The molecule has 0 bridgehead atoms. The Labute approximate surface area is 84.8 Å². The zero-order valence-corrected chi connectivity index (χ0v) is 8.69. The molecule has 0 amide bonds. The monoisotopic (exact) mass is 204 g/mol. The molecule has 4 nitrogen and oxygen atoms in total. The summed E-state index contributed by atoms with van der Waals surface area (Å²) < 4.78 is 10.6. The van der Waals surface area contributed by atoms with Crippen molar-refractivity contribution in [3.8, 4) is 0 Å². The van der Waals surface area contributed by atoms with Crippen molar-refractivity contribution >= 4 is 0 Å². The highest BCUT2D eigenvalue weighted by atomic mass is 16.6. The van der Waals surface area contributed by atoms with Gasteiger partial charge in [-0.3, -0.25) is 0 Å². The summed E-state index contributed by atoms with van der Waals surface area (Å²) in [6, 6.07) is 0. The maximum Gasteiger partial charge on any atom is 0.181 e. The van der Waals surface area contributed by atoms with Crippen LogP contribution in [0.2, 0.25) is 0 Å². The molecule has 2 N–H and O–H groups in total. The zero-order chi connectivity index (χ0) is 10.4. The third-order valence-corrected chi connectivity index (χ3v) is 2.46. The SMILES string of the molecule is CCCCO[C@@H]1CC[C@@H](CO)OC1O. The van der Waals surface area contributed by atoms with E-state index in [-0.39, 0.29) is 18.8 Å². The molecule has 0 aromatic heterocycles. The number of hydrogen-bond acceptors (Lipinski definition) is 4. The van der Waals surface area contributed by atoms with Crippen LogP contribution in [0.25, 0.3) is 0 Å². The molecule has 1 heterocycles. The first-order valence-electron chi connectivity index (χ1n) is 5.34. The lowest BCUT2D eigenvalue weighted by Gasteiger charge is -2.32. The normalized spacial score (nSPS) is 33.2. The molecule has 0 spiro atoms. The van der Waals surface area contributed by atoms with Gasteiger partial charge in [0, 0.05) is 6.61 Å². The Morgan fingerprint density at radius 1 is 1.43 bits per heavy atom. The molecular weight excluding hydrogens is 184 g/mol. The number of aliphatic hydroxyl groups is 2. The summed E-state index contributed by atoms with van der Waals surface area (Å²) in [5, 5.41) is 18.3. The van der Waals surface area contributed by atoms with E-state index in [0.717, 1.165) is 25.7 Å². The van der Waals surface area contributed by atoms with E-state index < -0.39 is 6.29 Å². The fraction of sp³-hybridized carbons (Fsp3) is 1.00. The highest BCUT2D eigenvalue weighted by Gasteiger charge is 2.29. The molecule has 1 saturated heterocycles. The molecule has 0 aromatic carbocycles. The predicted octanol–water partition coefficient (Wildman–Crippen LogP) is 0.661. The van der Waals surface area contributed by atoms with Crippen molar-refractivity contribution in [3.05, 3.63) is 0 Å². The summed E-state index contributed by atoms with van der Waals surface area (Å²) in [5.41, 5.74) is 0. The van der Waals surface area contributed by atoms with E-state index in [2.05, 4.69) is 6.92 Å². The highest BCUT2D eigenvalue weighted by Crippen LogP contribution is 2.20. The van der Waals surface area contributed by atoms with E-state index in [9.17, 15) is 5.11 Å². The van der Waals surface area contributed by atoms with Crippen LogP contribution in [0.5, 0.6) is 0 Å². The minimum atomic E-state index is -0.877. The van der Waals surface area contributed by atoms with E-state index >= 15 is 0 Å². The van der Waals surface area contributed by atoms with Gasteiger partial charge in [0.25, 0.3) is 0 Å². The largest absolute Gasteiger partial charge is 0.394 e. The van der Waals surface area contributed by atoms with E-state index in [0.29, 0.717) is 6.61 Å². The van der Waals surface area contributed by atoms with Crippen LogP contribution < -0.4 is 0 Å². The van der Waals surface area contributed by atoms with Crippen LogP contribution >= 0.6 is 0 Å². The summed E-state index contributed by atoms with van der Waals surface area (Å²) in [4.78, 5) is 0. The highest BCUT2D eigenvalue weighted by molar-refractivity contribution is 4.73. The average Bonchev–Trinajstić information content (AvgIpc) is 2.20. The van der Waals surface area contributed by atoms with Crippen LogP contribution in [-0.4, -0.2) is 41.9 Å². The maximum absolute atomic E-state index is 9.51. The summed E-state index contributed by atoms with van der Waals surface area (Å²) in [5.74, 6) is 0. The first-order valence-corrected chi connectivity index (χ1v) is 5.34. The minimum absolute atomic E-state index is 0.0290. The van der Waals surface area contributed by atoms with Crippen molar-refractivity contribution in [1.82, 2.24) is 0 Å². The van der Waals surface area contributed by atoms with E-state index in [1.807, 2.05) is 0 Å². The molecule has 84 valence electrons. The Kier molecular flexibility index (Phi) is 5.40. The lowest BCUT2D eigenvalue weighted by Crippen LogP contribution is -2.41. The molecule has 0 saturated carbocycles. The summed E-state index contributed by atoms with van der Waals surface area (Å²) in [6.45, 7) is 2.74. The molecule has 4 heteroatoms. The van der Waals surface area contributed by atoms with Crippen molar-refractivity contribution in [1.29, 1.82) is 0 Å². The third kappa shape index (κ3) is 3.53. The van der Waals surface area contributed by atoms with Crippen LogP contribution in [0.4, 0.5) is 0 Å². The molecule has 3 atom stereocenters. The maximum atomic E-state index is 9.51. The first kappa shape index (κ1) is 11.9. The van der Waals surface area contributed by atoms with Crippen LogP contribution in [0.15, 0.2) is 0 Å². The molecule has 1 rings (SSSR count). The fourth-order valence-electron chi connectivity index (χ4n) is 1.52. The molecule has 1 unspecified atom stereocenters. The second kappa shape index (κ2) is 6.35. The van der Waals surface area contributed by atoms with Crippen molar-refractivity contribution in [2.24, 2.45) is 0 Å². The standard InChI is InChI=1S/C10H20O4/c1-2-3-6-13-9-5-4-8(7-11)14-10(9)12/h8-12H,2-7H2,1H3/t8-,9+,10?/m0/s1. The van der Waals surface area contributed by atoms with Gasteiger partial charge in [-0.2, -0.15) is 0 Å². The number of rotatable bonds is 5.